The highest BCUT2D eigenvalue weighted by Gasteiger charge is 2.41. The number of carbonyl (C=O) groups excluding carboxylic acids is 1. The van der Waals surface area contributed by atoms with Crippen LogP contribution in [0, 0.1) is 12.8 Å². The zero-order valence-corrected chi connectivity index (χ0v) is 22.3. The maximum Gasteiger partial charge on any atom is 0.416 e. The summed E-state index contributed by atoms with van der Waals surface area (Å²) in [7, 11) is 1.88. The molecule has 3 aromatic rings. The minimum absolute atomic E-state index is 0.0337. The van der Waals surface area contributed by atoms with Gasteiger partial charge in [0.25, 0.3) is 5.91 Å². The molecule has 3 aliphatic rings. The number of fused-ring (bicyclic) bond motifs is 1. The molecule has 2 fully saturated rings. The Bertz CT molecular complexity index is 1420. The molecule has 1 N–H and O–H groups in total. The van der Waals surface area contributed by atoms with Crippen molar-refractivity contribution < 1.29 is 22.7 Å². The summed E-state index contributed by atoms with van der Waals surface area (Å²) in [6, 6.07) is 8.63. The highest BCUT2D eigenvalue weighted by Crippen LogP contribution is 2.42. The number of rotatable bonds is 7. The van der Waals surface area contributed by atoms with Crippen molar-refractivity contribution in [2.45, 2.75) is 63.8 Å². The van der Waals surface area contributed by atoms with Gasteiger partial charge < -0.3 is 19.5 Å². The summed E-state index contributed by atoms with van der Waals surface area (Å²) in [4.78, 5) is 15.1. The Kier molecular flexibility index (Phi) is 6.30. The van der Waals surface area contributed by atoms with Gasteiger partial charge in [-0.25, -0.2) is 0 Å². The van der Waals surface area contributed by atoms with Gasteiger partial charge >= 0.3 is 6.18 Å². The van der Waals surface area contributed by atoms with Crippen LogP contribution < -0.4 is 10.2 Å². The number of amides is 1. The minimum Gasteiger partial charge on any atom is -0.381 e. The van der Waals surface area contributed by atoms with E-state index in [1.165, 1.54) is 11.0 Å². The van der Waals surface area contributed by atoms with Crippen molar-refractivity contribution in [1.82, 2.24) is 20.1 Å². The molecule has 6 rings (SSSR count). The van der Waals surface area contributed by atoms with Gasteiger partial charge in [-0.1, -0.05) is 6.07 Å². The van der Waals surface area contributed by atoms with E-state index in [4.69, 9.17) is 4.74 Å². The van der Waals surface area contributed by atoms with Crippen LogP contribution in [0.3, 0.4) is 0 Å². The summed E-state index contributed by atoms with van der Waals surface area (Å²) in [5.74, 6) is 0.457. The standard InChI is InChI=1S/C29H32F3N5O2/c1-17-7-19(25(20-14-39-15-20)26-35-34-16-36(26)3)11-21(8-17)37-13-23-22(27(37)38)9-18(10-24(23)29(30,31)32)12-33-28(2)5-4-6-28/h7-11,16,20,25,33H,4-6,12-15H2,1-3H3/t25-/m1/s1. The zero-order valence-electron chi connectivity index (χ0n) is 22.3. The first-order chi connectivity index (χ1) is 18.5. The molecule has 1 aromatic heterocycles. The third kappa shape index (κ3) is 4.74. The van der Waals surface area contributed by atoms with Crippen molar-refractivity contribution in [3.8, 4) is 0 Å². The molecule has 2 aliphatic heterocycles. The number of carbonyl (C=O) groups is 1. The van der Waals surface area contributed by atoms with Crippen LogP contribution >= 0.6 is 0 Å². The van der Waals surface area contributed by atoms with Gasteiger partial charge in [0.05, 0.1) is 31.2 Å². The fraction of sp³-hybridized carbons (Fsp3) is 0.483. The molecule has 0 radical (unpaired) electrons. The van der Waals surface area contributed by atoms with Gasteiger partial charge in [-0.15, -0.1) is 10.2 Å². The molecule has 0 spiro atoms. The maximum absolute atomic E-state index is 14.2. The predicted molar refractivity (Wildman–Crippen MR) is 139 cm³/mol. The number of benzene rings is 2. The third-order valence-electron chi connectivity index (χ3n) is 8.50. The molecule has 206 valence electrons. The molecule has 0 bridgehead atoms. The predicted octanol–water partition coefficient (Wildman–Crippen LogP) is 5.11. The molecular weight excluding hydrogens is 507 g/mol. The van der Waals surface area contributed by atoms with Crippen molar-refractivity contribution in [3.63, 3.8) is 0 Å². The monoisotopic (exact) mass is 539 g/mol. The Balaban J connectivity index is 1.36. The number of aromatic nitrogens is 3. The Morgan fingerprint density at radius 1 is 1.18 bits per heavy atom. The number of nitrogens with one attached hydrogen (secondary N) is 1. The number of ether oxygens (including phenoxy) is 1. The second-order valence-corrected chi connectivity index (χ2v) is 11.5. The average molecular weight is 540 g/mol. The van der Waals surface area contributed by atoms with E-state index in [1.54, 1.807) is 12.4 Å². The maximum atomic E-state index is 14.2. The topological polar surface area (TPSA) is 72.3 Å². The van der Waals surface area contributed by atoms with Crippen LogP contribution in [0.1, 0.15) is 76.1 Å². The van der Waals surface area contributed by atoms with E-state index in [9.17, 15) is 18.0 Å². The number of hydrogen-bond donors (Lipinski definition) is 1. The van der Waals surface area contributed by atoms with Crippen LogP contribution in [0.5, 0.6) is 0 Å². The number of anilines is 1. The van der Waals surface area contributed by atoms with E-state index in [2.05, 4.69) is 22.4 Å². The molecule has 0 unspecified atom stereocenters. The highest BCUT2D eigenvalue weighted by molar-refractivity contribution is 6.10. The van der Waals surface area contributed by atoms with Crippen molar-refractivity contribution in [2.24, 2.45) is 13.0 Å². The van der Waals surface area contributed by atoms with Gasteiger partial charge in [-0.3, -0.25) is 4.79 Å². The van der Waals surface area contributed by atoms with Gasteiger partial charge in [0.15, 0.2) is 0 Å². The number of hydrogen-bond acceptors (Lipinski definition) is 5. The zero-order chi connectivity index (χ0) is 27.5. The molecule has 10 heteroatoms. The van der Waals surface area contributed by atoms with Crippen molar-refractivity contribution in [3.05, 3.63) is 75.9 Å². The number of nitrogens with zero attached hydrogens (tertiary/aromatic N) is 4. The lowest BCUT2D eigenvalue weighted by Crippen LogP contribution is -2.47. The molecule has 39 heavy (non-hydrogen) atoms. The Labute approximate surface area is 225 Å². The molecule has 7 nitrogen and oxygen atoms in total. The second-order valence-electron chi connectivity index (χ2n) is 11.5. The van der Waals surface area contributed by atoms with Gasteiger partial charge in [0.1, 0.15) is 12.2 Å². The van der Waals surface area contributed by atoms with E-state index < -0.39 is 17.6 Å². The molecule has 3 heterocycles. The summed E-state index contributed by atoms with van der Waals surface area (Å²) >= 11 is 0. The number of halogens is 3. The first-order valence-electron chi connectivity index (χ1n) is 13.4. The van der Waals surface area contributed by atoms with E-state index in [0.29, 0.717) is 24.5 Å². The normalized spacial score (nSPS) is 19.5. The van der Waals surface area contributed by atoms with Crippen LogP contribution in [0.2, 0.25) is 0 Å². The summed E-state index contributed by atoms with van der Waals surface area (Å²) in [6.07, 6.45) is 0.187. The Morgan fingerprint density at radius 3 is 2.54 bits per heavy atom. The lowest BCUT2D eigenvalue weighted by atomic mass is 9.78. The van der Waals surface area contributed by atoms with Crippen molar-refractivity contribution in [2.75, 3.05) is 18.1 Å². The molecule has 1 saturated heterocycles. The Morgan fingerprint density at radius 2 is 1.95 bits per heavy atom. The summed E-state index contributed by atoms with van der Waals surface area (Å²) in [6.45, 7) is 5.34. The molecule has 1 saturated carbocycles. The lowest BCUT2D eigenvalue weighted by Gasteiger charge is -2.39. The van der Waals surface area contributed by atoms with E-state index in [-0.39, 0.29) is 41.6 Å². The minimum atomic E-state index is -4.56. The van der Waals surface area contributed by atoms with E-state index >= 15 is 0 Å². The SMILES string of the molecule is Cc1cc([C@@H](c2nncn2C)C2COC2)cc(N2Cc3c(cc(CNC4(C)CCC4)cc3C(F)(F)F)C2=O)c1. The summed E-state index contributed by atoms with van der Waals surface area (Å²) in [5, 5.41) is 11.8. The largest absolute Gasteiger partial charge is 0.416 e. The summed E-state index contributed by atoms with van der Waals surface area (Å²) in [5.41, 5.74) is 2.27. The van der Waals surface area contributed by atoms with E-state index in [0.717, 1.165) is 36.2 Å². The molecule has 2 aromatic carbocycles. The first kappa shape index (κ1) is 26.0. The van der Waals surface area contributed by atoms with Gasteiger partial charge in [0, 0.05) is 36.3 Å². The van der Waals surface area contributed by atoms with Crippen molar-refractivity contribution in [1.29, 1.82) is 0 Å². The molecule has 1 aliphatic carbocycles. The summed E-state index contributed by atoms with van der Waals surface area (Å²) < 4.78 is 50.0. The average Bonchev–Trinajstić information content (AvgIpc) is 3.40. The molecule has 1 atom stereocenters. The lowest BCUT2D eigenvalue weighted by molar-refractivity contribution is -0.138. The van der Waals surface area contributed by atoms with Gasteiger partial charge in [0.2, 0.25) is 0 Å². The van der Waals surface area contributed by atoms with Crippen molar-refractivity contribution >= 4 is 11.6 Å². The molecular formula is C29H32F3N5O2. The highest BCUT2D eigenvalue weighted by atomic mass is 19.4. The second kappa shape index (κ2) is 9.45. The third-order valence-corrected chi connectivity index (χ3v) is 8.50. The fourth-order valence-electron chi connectivity index (χ4n) is 6.01. The number of alkyl halides is 3. The Hall–Kier alpha value is -3.24. The molecule has 1 amide bonds. The van der Waals surface area contributed by atoms with E-state index in [1.807, 2.05) is 36.7 Å². The smallest absolute Gasteiger partial charge is 0.381 e. The van der Waals surface area contributed by atoms with Crippen LogP contribution in [0.25, 0.3) is 0 Å². The van der Waals surface area contributed by atoms with Crippen LogP contribution in [0.4, 0.5) is 18.9 Å². The van der Waals surface area contributed by atoms with Crippen LogP contribution in [-0.2, 0) is 31.1 Å². The fourth-order valence-corrected chi connectivity index (χ4v) is 6.01. The first-order valence-corrected chi connectivity index (χ1v) is 13.4. The quantitative estimate of drug-likeness (QED) is 0.452. The number of aryl methyl sites for hydroxylation is 2. The van der Waals surface area contributed by atoms with Crippen LogP contribution in [0.15, 0.2) is 36.7 Å². The van der Waals surface area contributed by atoms with Crippen LogP contribution in [-0.4, -0.2) is 39.4 Å². The van der Waals surface area contributed by atoms with Gasteiger partial charge in [-0.2, -0.15) is 13.2 Å². The van der Waals surface area contributed by atoms with Gasteiger partial charge in [-0.05, 0) is 79.6 Å².